The van der Waals surface area contributed by atoms with Gasteiger partial charge in [0.2, 0.25) is 0 Å². The van der Waals surface area contributed by atoms with E-state index in [2.05, 4.69) is 5.32 Å². The lowest BCUT2D eigenvalue weighted by atomic mass is 9.84. The van der Waals surface area contributed by atoms with Crippen LogP contribution in [0.25, 0.3) is 0 Å². The lowest BCUT2D eigenvalue weighted by Gasteiger charge is -2.29. The molecule has 2 rings (SSSR count). The fourth-order valence-electron chi connectivity index (χ4n) is 3.84. The van der Waals surface area contributed by atoms with Gasteiger partial charge >= 0.3 is 0 Å². The quantitative estimate of drug-likeness (QED) is 0.734. The Kier molecular flexibility index (Phi) is 6.50. The van der Waals surface area contributed by atoms with Crippen LogP contribution >= 0.6 is 0 Å². The third kappa shape index (κ3) is 4.89. The zero-order valence-electron chi connectivity index (χ0n) is 12.0. The summed E-state index contributed by atoms with van der Waals surface area (Å²) in [5.41, 5.74) is 5.98. The molecule has 2 fully saturated rings. The second-order valence-corrected chi connectivity index (χ2v) is 6.53. The minimum atomic E-state index is 0.580. The first-order valence-corrected chi connectivity index (χ1v) is 8.34. The van der Waals surface area contributed by atoms with E-state index in [9.17, 15) is 0 Å². The van der Waals surface area contributed by atoms with Crippen molar-refractivity contribution in [3.63, 3.8) is 0 Å². The highest BCUT2D eigenvalue weighted by Crippen LogP contribution is 2.27. The molecule has 0 amide bonds. The van der Waals surface area contributed by atoms with Crippen LogP contribution in [0.2, 0.25) is 0 Å². The summed E-state index contributed by atoms with van der Waals surface area (Å²) >= 11 is 0. The van der Waals surface area contributed by atoms with Crippen LogP contribution in [0.4, 0.5) is 0 Å². The van der Waals surface area contributed by atoms with E-state index in [1.165, 1.54) is 77.0 Å². The summed E-state index contributed by atoms with van der Waals surface area (Å²) in [6.45, 7) is 0.826. The van der Waals surface area contributed by atoms with E-state index in [0.29, 0.717) is 6.04 Å². The van der Waals surface area contributed by atoms with Gasteiger partial charge in [-0.15, -0.1) is 0 Å². The molecule has 1 unspecified atom stereocenters. The minimum Gasteiger partial charge on any atom is -0.329 e. The van der Waals surface area contributed by atoms with Crippen molar-refractivity contribution in [2.45, 2.75) is 89.1 Å². The summed E-state index contributed by atoms with van der Waals surface area (Å²) < 4.78 is 0. The van der Waals surface area contributed by atoms with E-state index in [0.717, 1.165) is 18.5 Å². The van der Waals surface area contributed by atoms with Gasteiger partial charge in [-0.25, -0.2) is 0 Å². The van der Waals surface area contributed by atoms with Gasteiger partial charge in [-0.3, -0.25) is 0 Å². The van der Waals surface area contributed by atoms with Crippen LogP contribution in [0.15, 0.2) is 0 Å². The molecule has 0 saturated heterocycles. The summed E-state index contributed by atoms with van der Waals surface area (Å²) in [5, 5.41) is 3.87. The zero-order chi connectivity index (χ0) is 12.6. The maximum atomic E-state index is 5.98. The Hall–Kier alpha value is -0.0800. The van der Waals surface area contributed by atoms with E-state index < -0.39 is 0 Å². The summed E-state index contributed by atoms with van der Waals surface area (Å²) in [6, 6.07) is 1.33. The molecule has 2 aliphatic rings. The van der Waals surface area contributed by atoms with Crippen LogP contribution in [0.3, 0.4) is 0 Å². The van der Waals surface area contributed by atoms with Gasteiger partial charge in [-0.1, -0.05) is 57.8 Å². The average Bonchev–Trinajstić information content (AvgIpc) is 2.68. The summed E-state index contributed by atoms with van der Waals surface area (Å²) in [7, 11) is 0. The van der Waals surface area contributed by atoms with Crippen molar-refractivity contribution >= 4 is 0 Å². The topological polar surface area (TPSA) is 38.0 Å². The smallest absolute Gasteiger partial charge is 0.0195 e. The molecule has 2 saturated carbocycles. The molecule has 3 N–H and O–H groups in total. The molecule has 2 aliphatic carbocycles. The molecule has 0 aromatic carbocycles. The van der Waals surface area contributed by atoms with Crippen molar-refractivity contribution < 1.29 is 0 Å². The normalized spacial score (nSPS) is 25.8. The summed E-state index contributed by atoms with van der Waals surface area (Å²) in [6.07, 6.45) is 17.0. The highest BCUT2D eigenvalue weighted by Gasteiger charge is 2.21. The molecular formula is C16H32N2. The molecule has 18 heavy (non-hydrogen) atoms. The van der Waals surface area contributed by atoms with Crippen LogP contribution in [-0.2, 0) is 0 Å². The highest BCUT2D eigenvalue weighted by atomic mass is 15.0. The van der Waals surface area contributed by atoms with Crippen LogP contribution in [0.5, 0.6) is 0 Å². The minimum absolute atomic E-state index is 0.580. The number of nitrogens with one attached hydrogen (secondary N) is 1. The predicted molar refractivity (Wildman–Crippen MR) is 78.7 cm³/mol. The molecule has 0 radical (unpaired) electrons. The van der Waals surface area contributed by atoms with Crippen LogP contribution in [0.1, 0.15) is 77.0 Å². The Morgan fingerprint density at radius 3 is 2.00 bits per heavy atom. The molecular weight excluding hydrogens is 220 g/mol. The third-order valence-electron chi connectivity index (χ3n) is 4.95. The number of nitrogens with two attached hydrogens (primary N) is 1. The second kappa shape index (κ2) is 8.16. The van der Waals surface area contributed by atoms with Gasteiger partial charge in [0, 0.05) is 18.6 Å². The van der Waals surface area contributed by atoms with Crippen molar-refractivity contribution in [1.82, 2.24) is 5.32 Å². The predicted octanol–water partition coefficient (Wildman–Crippen LogP) is 3.60. The van der Waals surface area contributed by atoms with E-state index in [-0.39, 0.29) is 0 Å². The van der Waals surface area contributed by atoms with Crippen molar-refractivity contribution in [3.8, 4) is 0 Å². The van der Waals surface area contributed by atoms with E-state index in [1.807, 2.05) is 0 Å². The molecule has 2 nitrogen and oxygen atoms in total. The fourth-order valence-corrected chi connectivity index (χ4v) is 3.84. The lowest BCUT2D eigenvalue weighted by molar-refractivity contribution is 0.281. The third-order valence-corrected chi connectivity index (χ3v) is 4.95. The van der Waals surface area contributed by atoms with E-state index >= 15 is 0 Å². The van der Waals surface area contributed by atoms with Gasteiger partial charge in [-0.2, -0.15) is 0 Å². The lowest BCUT2D eigenvalue weighted by Crippen LogP contribution is -2.43. The van der Waals surface area contributed by atoms with Gasteiger partial charge in [0.25, 0.3) is 0 Å². The Bertz CT molecular complexity index is 203. The average molecular weight is 252 g/mol. The van der Waals surface area contributed by atoms with Gasteiger partial charge in [0.05, 0.1) is 0 Å². The molecule has 106 valence electrons. The molecule has 0 aliphatic heterocycles. The van der Waals surface area contributed by atoms with Gasteiger partial charge in [-0.05, 0) is 25.2 Å². The van der Waals surface area contributed by atoms with E-state index in [1.54, 1.807) is 0 Å². The molecule has 0 bridgehead atoms. The molecule has 1 atom stereocenters. The van der Waals surface area contributed by atoms with Crippen molar-refractivity contribution in [2.75, 3.05) is 6.54 Å². The van der Waals surface area contributed by atoms with Crippen LogP contribution in [0, 0.1) is 5.92 Å². The maximum Gasteiger partial charge on any atom is 0.0195 e. The van der Waals surface area contributed by atoms with Crippen molar-refractivity contribution in [1.29, 1.82) is 0 Å². The Labute approximate surface area is 113 Å². The molecule has 0 spiro atoms. The maximum absolute atomic E-state index is 5.98. The zero-order valence-corrected chi connectivity index (χ0v) is 12.0. The number of hydrogen-bond donors (Lipinski definition) is 2. The van der Waals surface area contributed by atoms with Crippen LogP contribution < -0.4 is 11.1 Å². The number of rotatable bonds is 5. The van der Waals surface area contributed by atoms with Crippen molar-refractivity contribution in [2.24, 2.45) is 11.7 Å². The standard InChI is InChI=1S/C16H32N2/c17-13-16(12-14-8-4-3-5-9-14)18-15-10-6-1-2-7-11-15/h14-16,18H,1-13,17H2. The molecule has 2 heteroatoms. The fraction of sp³-hybridized carbons (Fsp3) is 1.00. The monoisotopic (exact) mass is 252 g/mol. The summed E-state index contributed by atoms with van der Waals surface area (Å²) in [5.74, 6) is 0.950. The first kappa shape index (κ1) is 14.3. The first-order chi connectivity index (χ1) is 8.88. The Balaban J connectivity index is 1.72. The Morgan fingerprint density at radius 2 is 1.39 bits per heavy atom. The second-order valence-electron chi connectivity index (χ2n) is 6.53. The van der Waals surface area contributed by atoms with Crippen LogP contribution in [-0.4, -0.2) is 18.6 Å². The number of hydrogen-bond acceptors (Lipinski definition) is 2. The molecule has 0 aromatic rings. The Morgan fingerprint density at radius 1 is 0.833 bits per heavy atom. The largest absolute Gasteiger partial charge is 0.329 e. The van der Waals surface area contributed by atoms with Gasteiger partial charge in [0.1, 0.15) is 0 Å². The van der Waals surface area contributed by atoms with E-state index in [4.69, 9.17) is 5.73 Å². The molecule has 0 aromatic heterocycles. The van der Waals surface area contributed by atoms with Crippen molar-refractivity contribution in [3.05, 3.63) is 0 Å². The van der Waals surface area contributed by atoms with Gasteiger partial charge < -0.3 is 11.1 Å². The first-order valence-electron chi connectivity index (χ1n) is 8.34. The SMILES string of the molecule is NCC(CC1CCCCC1)NC1CCCCCC1. The molecule has 0 heterocycles. The highest BCUT2D eigenvalue weighted by molar-refractivity contribution is 4.80. The summed E-state index contributed by atoms with van der Waals surface area (Å²) in [4.78, 5) is 0. The van der Waals surface area contributed by atoms with Gasteiger partial charge in [0.15, 0.2) is 0 Å².